The summed E-state index contributed by atoms with van der Waals surface area (Å²) >= 11 is 5.90. The summed E-state index contributed by atoms with van der Waals surface area (Å²) in [6.07, 6.45) is 4.99. The van der Waals surface area contributed by atoms with E-state index in [2.05, 4.69) is 20.6 Å². The fourth-order valence-corrected chi connectivity index (χ4v) is 2.76. The van der Waals surface area contributed by atoms with Crippen LogP contribution in [0.1, 0.15) is 31.4 Å². The minimum atomic E-state index is 0.509. The van der Waals surface area contributed by atoms with Crippen molar-refractivity contribution in [1.82, 2.24) is 9.97 Å². The lowest BCUT2D eigenvalue weighted by molar-refractivity contribution is 0.743. The lowest BCUT2D eigenvalue weighted by Gasteiger charge is -2.14. The summed E-state index contributed by atoms with van der Waals surface area (Å²) in [5.74, 6) is 1.50. The first kappa shape index (κ1) is 14.1. The molecule has 1 aromatic heterocycles. The number of rotatable bonds is 4. The minimum absolute atomic E-state index is 0.509. The Bertz CT molecular complexity index is 606. The van der Waals surface area contributed by atoms with Crippen LogP contribution in [0.15, 0.2) is 30.3 Å². The lowest BCUT2D eigenvalue weighted by Crippen LogP contribution is -2.17. The summed E-state index contributed by atoms with van der Waals surface area (Å²) < 4.78 is 0. The summed E-state index contributed by atoms with van der Waals surface area (Å²) in [4.78, 5) is 9.02. The van der Waals surface area contributed by atoms with Crippen molar-refractivity contribution < 1.29 is 0 Å². The molecular formula is C16H19ClN4. The Labute approximate surface area is 130 Å². The molecule has 0 unspecified atom stereocenters. The van der Waals surface area contributed by atoms with Crippen molar-refractivity contribution in [2.24, 2.45) is 0 Å². The number of aryl methyl sites for hydroxylation is 1. The molecule has 1 aliphatic carbocycles. The number of halogens is 1. The van der Waals surface area contributed by atoms with Crippen LogP contribution >= 0.6 is 11.6 Å². The Morgan fingerprint density at radius 1 is 1.10 bits per heavy atom. The minimum Gasteiger partial charge on any atom is -0.351 e. The third-order valence-electron chi connectivity index (χ3n) is 3.66. The fourth-order valence-electron chi connectivity index (χ4n) is 2.63. The van der Waals surface area contributed by atoms with Crippen molar-refractivity contribution in [2.75, 3.05) is 10.6 Å². The van der Waals surface area contributed by atoms with Crippen molar-refractivity contribution in [3.05, 3.63) is 41.0 Å². The first-order valence-corrected chi connectivity index (χ1v) is 7.72. The van der Waals surface area contributed by atoms with Crippen LogP contribution in [0.4, 0.5) is 17.5 Å². The molecule has 110 valence electrons. The van der Waals surface area contributed by atoms with E-state index in [9.17, 15) is 0 Å². The van der Waals surface area contributed by atoms with Gasteiger partial charge in [0, 0.05) is 28.5 Å². The van der Waals surface area contributed by atoms with Gasteiger partial charge in [-0.15, -0.1) is 0 Å². The zero-order valence-corrected chi connectivity index (χ0v) is 12.8. The number of anilines is 3. The van der Waals surface area contributed by atoms with Crippen molar-refractivity contribution in [3.63, 3.8) is 0 Å². The molecule has 2 aromatic rings. The van der Waals surface area contributed by atoms with Crippen LogP contribution in [-0.4, -0.2) is 16.0 Å². The molecule has 1 saturated carbocycles. The molecule has 0 radical (unpaired) electrons. The van der Waals surface area contributed by atoms with Crippen molar-refractivity contribution in [1.29, 1.82) is 0 Å². The van der Waals surface area contributed by atoms with E-state index in [1.54, 1.807) is 0 Å². The van der Waals surface area contributed by atoms with Crippen LogP contribution in [0, 0.1) is 6.92 Å². The van der Waals surface area contributed by atoms with Crippen LogP contribution in [-0.2, 0) is 0 Å². The van der Waals surface area contributed by atoms with Gasteiger partial charge < -0.3 is 10.6 Å². The van der Waals surface area contributed by atoms with Crippen molar-refractivity contribution in [2.45, 2.75) is 38.6 Å². The quantitative estimate of drug-likeness (QED) is 0.871. The summed E-state index contributed by atoms with van der Waals surface area (Å²) in [6, 6.07) is 10.0. The average molecular weight is 303 g/mol. The van der Waals surface area contributed by atoms with E-state index >= 15 is 0 Å². The average Bonchev–Trinajstić information content (AvgIpc) is 2.93. The second kappa shape index (κ2) is 6.31. The van der Waals surface area contributed by atoms with Gasteiger partial charge in [-0.2, -0.15) is 4.98 Å². The van der Waals surface area contributed by atoms with E-state index in [0.717, 1.165) is 22.2 Å². The van der Waals surface area contributed by atoms with Gasteiger partial charge in [-0.25, -0.2) is 4.98 Å². The third kappa shape index (κ3) is 3.85. The summed E-state index contributed by atoms with van der Waals surface area (Å²) in [5.41, 5.74) is 1.91. The summed E-state index contributed by atoms with van der Waals surface area (Å²) in [5, 5.41) is 7.45. The highest BCUT2D eigenvalue weighted by molar-refractivity contribution is 6.30. The van der Waals surface area contributed by atoms with Gasteiger partial charge in [-0.3, -0.25) is 0 Å². The van der Waals surface area contributed by atoms with Gasteiger partial charge in [0.25, 0.3) is 0 Å². The summed E-state index contributed by atoms with van der Waals surface area (Å²) in [7, 11) is 0. The number of hydrogen-bond acceptors (Lipinski definition) is 4. The van der Waals surface area contributed by atoms with E-state index in [1.807, 2.05) is 37.3 Å². The molecule has 5 heteroatoms. The maximum Gasteiger partial charge on any atom is 0.225 e. The van der Waals surface area contributed by atoms with Gasteiger partial charge in [0.05, 0.1) is 0 Å². The van der Waals surface area contributed by atoms with Crippen LogP contribution in [0.25, 0.3) is 0 Å². The Hall–Kier alpha value is -1.81. The van der Waals surface area contributed by atoms with Gasteiger partial charge in [-0.05, 0) is 44.0 Å². The largest absolute Gasteiger partial charge is 0.351 e. The molecule has 2 N–H and O–H groups in total. The molecule has 1 heterocycles. The van der Waals surface area contributed by atoms with Gasteiger partial charge in [0.1, 0.15) is 5.82 Å². The van der Waals surface area contributed by atoms with Crippen molar-refractivity contribution in [3.8, 4) is 0 Å². The zero-order chi connectivity index (χ0) is 14.7. The normalized spacial score (nSPS) is 15.1. The monoisotopic (exact) mass is 302 g/mol. The smallest absolute Gasteiger partial charge is 0.225 e. The Kier molecular flexibility index (Phi) is 4.25. The number of aromatic nitrogens is 2. The summed E-state index contributed by atoms with van der Waals surface area (Å²) in [6.45, 7) is 1.98. The maximum atomic E-state index is 5.90. The van der Waals surface area contributed by atoms with Crippen LogP contribution in [0.5, 0.6) is 0 Å². The highest BCUT2D eigenvalue weighted by Crippen LogP contribution is 2.23. The Morgan fingerprint density at radius 3 is 2.52 bits per heavy atom. The van der Waals surface area contributed by atoms with E-state index in [4.69, 9.17) is 11.6 Å². The number of benzene rings is 1. The molecule has 0 bridgehead atoms. The number of nitrogens with one attached hydrogen (secondary N) is 2. The van der Waals surface area contributed by atoms with Crippen LogP contribution < -0.4 is 10.6 Å². The molecule has 3 rings (SSSR count). The molecule has 0 aliphatic heterocycles. The molecule has 1 aliphatic rings. The maximum absolute atomic E-state index is 5.90. The Morgan fingerprint density at radius 2 is 1.81 bits per heavy atom. The highest BCUT2D eigenvalue weighted by atomic mass is 35.5. The Balaban J connectivity index is 1.75. The van der Waals surface area contributed by atoms with Gasteiger partial charge in [0.2, 0.25) is 5.95 Å². The lowest BCUT2D eigenvalue weighted by atomic mass is 10.2. The molecular weight excluding hydrogens is 284 g/mol. The van der Waals surface area contributed by atoms with Crippen LogP contribution in [0.2, 0.25) is 5.02 Å². The molecule has 1 aromatic carbocycles. The first-order chi connectivity index (χ1) is 10.2. The fraction of sp³-hybridized carbons (Fsp3) is 0.375. The molecule has 0 amide bonds. The van der Waals surface area contributed by atoms with Crippen molar-refractivity contribution >= 4 is 29.1 Å². The van der Waals surface area contributed by atoms with E-state index < -0.39 is 0 Å². The van der Waals surface area contributed by atoms with Gasteiger partial charge >= 0.3 is 0 Å². The molecule has 4 nitrogen and oxygen atoms in total. The van der Waals surface area contributed by atoms with Gasteiger partial charge in [-0.1, -0.05) is 24.4 Å². The first-order valence-electron chi connectivity index (χ1n) is 7.34. The standard InChI is InChI=1S/C16H19ClN4/c1-11-10-15(19-14-8-6-12(17)7-9-14)21-16(18-11)20-13-4-2-3-5-13/h6-10,13H,2-5H2,1H3,(H2,18,19,20,21). The third-order valence-corrected chi connectivity index (χ3v) is 3.91. The molecule has 0 atom stereocenters. The second-order valence-corrected chi connectivity index (χ2v) is 5.91. The SMILES string of the molecule is Cc1cc(Nc2ccc(Cl)cc2)nc(NC2CCCC2)n1. The predicted octanol–water partition coefficient (Wildman–Crippen LogP) is 4.54. The molecule has 1 fully saturated rings. The highest BCUT2D eigenvalue weighted by Gasteiger charge is 2.16. The van der Waals surface area contributed by atoms with Crippen LogP contribution in [0.3, 0.4) is 0 Å². The second-order valence-electron chi connectivity index (χ2n) is 5.48. The molecule has 21 heavy (non-hydrogen) atoms. The predicted molar refractivity (Wildman–Crippen MR) is 87.4 cm³/mol. The zero-order valence-electron chi connectivity index (χ0n) is 12.1. The van der Waals surface area contributed by atoms with Gasteiger partial charge in [0.15, 0.2) is 0 Å². The number of nitrogens with zero attached hydrogens (tertiary/aromatic N) is 2. The van der Waals surface area contributed by atoms with E-state index in [0.29, 0.717) is 12.0 Å². The van der Waals surface area contributed by atoms with E-state index in [1.165, 1.54) is 25.7 Å². The van der Waals surface area contributed by atoms with E-state index in [-0.39, 0.29) is 0 Å². The molecule has 0 spiro atoms. The number of hydrogen-bond donors (Lipinski definition) is 2. The topological polar surface area (TPSA) is 49.8 Å². The molecule has 0 saturated heterocycles.